The summed E-state index contributed by atoms with van der Waals surface area (Å²) in [7, 11) is 1.72. The van der Waals surface area contributed by atoms with E-state index in [0.717, 1.165) is 25.8 Å². The van der Waals surface area contributed by atoms with Gasteiger partial charge in [0.1, 0.15) is 18.8 Å². The number of carbonyl (C=O) groups excluding carboxylic acids is 4. The van der Waals surface area contributed by atoms with Crippen LogP contribution in [-0.4, -0.2) is 102 Å². The van der Waals surface area contributed by atoms with E-state index < -0.39 is 30.2 Å². The van der Waals surface area contributed by atoms with Crippen molar-refractivity contribution in [2.24, 2.45) is 11.3 Å². The third-order valence-electron chi connectivity index (χ3n) is 8.36. The van der Waals surface area contributed by atoms with Crippen molar-refractivity contribution in [3.63, 3.8) is 0 Å². The predicted molar refractivity (Wildman–Crippen MR) is 160 cm³/mol. The molecule has 0 aromatic rings. The molecule has 0 bridgehead atoms. The standard InChI is InChI=1S/C31H54FN5O4/c1-20(2)25(19-22(5)29(40)37-18-12-14-23(37)27(38)33-16-15-32)35(9)30(41)26(31(6,7)8)34-28(39)24-13-10-11-17-36(24)21(3)4/h19-21,23-26H,10-18H2,1-9H3,(H,33,38)(H,34,39)/b22-19+/t23-,24+,25?,26+/m0/s1. The predicted octanol–water partition coefficient (Wildman–Crippen LogP) is 3.29. The van der Waals surface area contributed by atoms with Gasteiger partial charge in [0.05, 0.1) is 12.1 Å². The van der Waals surface area contributed by atoms with E-state index >= 15 is 0 Å². The Morgan fingerprint density at radius 2 is 1.61 bits per heavy atom. The lowest BCUT2D eigenvalue weighted by Crippen LogP contribution is -2.60. The average molecular weight is 580 g/mol. The fourth-order valence-corrected chi connectivity index (χ4v) is 5.97. The number of rotatable bonds is 11. The maximum absolute atomic E-state index is 14.0. The van der Waals surface area contributed by atoms with Gasteiger partial charge in [0.25, 0.3) is 0 Å². The number of hydrogen-bond donors (Lipinski definition) is 2. The summed E-state index contributed by atoms with van der Waals surface area (Å²) in [5.74, 6) is -0.945. The lowest BCUT2D eigenvalue weighted by atomic mass is 9.84. The SMILES string of the molecule is C/C(=C\C(C(C)C)N(C)C(=O)[C@@H](NC(=O)[C@H]1CCCCN1C(C)C)C(C)(C)C)C(=O)N1CCC[C@H]1C(=O)NCCF. The van der Waals surface area contributed by atoms with E-state index in [4.69, 9.17) is 0 Å². The zero-order valence-electron chi connectivity index (χ0n) is 26.8. The minimum Gasteiger partial charge on any atom is -0.352 e. The molecule has 4 atom stereocenters. The second-order valence-electron chi connectivity index (χ2n) is 13.3. The van der Waals surface area contributed by atoms with Crippen molar-refractivity contribution in [3.8, 4) is 0 Å². The highest BCUT2D eigenvalue weighted by molar-refractivity contribution is 5.97. The summed E-state index contributed by atoms with van der Waals surface area (Å²) in [5, 5.41) is 5.65. The van der Waals surface area contributed by atoms with Crippen LogP contribution >= 0.6 is 0 Å². The van der Waals surface area contributed by atoms with Crippen molar-refractivity contribution in [2.75, 3.05) is 33.4 Å². The van der Waals surface area contributed by atoms with Gasteiger partial charge in [-0.3, -0.25) is 24.1 Å². The number of piperidine rings is 1. The summed E-state index contributed by atoms with van der Waals surface area (Å²) in [6.45, 7) is 16.3. The third-order valence-corrected chi connectivity index (χ3v) is 8.36. The number of nitrogens with one attached hydrogen (secondary N) is 2. The van der Waals surface area contributed by atoms with E-state index in [-0.39, 0.29) is 48.2 Å². The normalized spacial score (nSPS) is 22.0. The smallest absolute Gasteiger partial charge is 0.249 e. The second-order valence-corrected chi connectivity index (χ2v) is 13.3. The van der Waals surface area contributed by atoms with E-state index in [1.807, 2.05) is 34.6 Å². The molecule has 2 rings (SSSR count). The molecule has 4 amide bonds. The molecule has 2 aliphatic heterocycles. The van der Waals surface area contributed by atoms with Gasteiger partial charge in [0.2, 0.25) is 23.6 Å². The summed E-state index contributed by atoms with van der Waals surface area (Å²) in [4.78, 5) is 58.9. The Hall–Kier alpha value is -2.49. The topological polar surface area (TPSA) is 102 Å². The van der Waals surface area contributed by atoms with Gasteiger partial charge in [0.15, 0.2) is 0 Å². The van der Waals surface area contributed by atoms with Crippen LogP contribution in [0.15, 0.2) is 11.6 Å². The Kier molecular flexibility index (Phi) is 12.8. The highest BCUT2D eigenvalue weighted by atomic mass is 19.1. The highest BCUT2D eigenvalue weighted by Gasteiger charge is 2.40. The van der Waals surface area contributed by atoms with E-state index in [2.05, 4.69) is 29.4 Å². The van der Waals surface area contributed by atoms with E-state index in [1.54, 1.807) is 29.8 Å². The minimum absolute atomic E-state index is 0.0139. The molecule has 0 radical (unpaired) electrons. The Bertz CT molecular complexity index is 961. The van der Waals surface area contributed by atoms with Crippen LogP contribution in [0.3, 0.4) is 0 Å². The van der Waals surface area contributed by atoms with Gasteiger partial charge in [-0.2, -0.15) is 0 Å². The number of nitrogens with zero attached hydrogens (tertiary/aromatic N) is 3. The molecule has 0 spiro atoms. The van der Waals surface area contributed by atoms with Crippen LogP contribution in [0.25, 0.3) is 0 Å². The average Bonchev–Trinajstić information content (AvgIpc) is 3.41. The first-order valence-electron chi connectivity index (χ1n) is 15.3. The Labute approximate surface area is 246 Å². The highest BCUT2D eigenvalue weighted by Crippen LogP contribution is 2.26. The maximum atomic E-state index is 14.0. The first kappa shape index (κ1) is 34.7. The van der Waals surface area contributed by atoms with Gasteiger partial charge >= 0.3 is 0 Å². The van der Waals surface area contributed by atoms with Gasteiger partial charge in [-0.25, -0.2) is 4.39 Å². The van der Waals surface area contributed by atoms with Crippen LogP contribution < -0.4 is 10.6 Å². The van der Waals surface area contributed by atoms with Crippen LogP contribution in [0.4, 0.5) is 4.39 Å². The lowest BCUT2D eigenvalue weighted by molar-refractivity contribution is -0.142. The molecule has 2 fully saturated rings. The fraction of sp³-hybridized carbons (Fsp3) is 0.806. The molecule has 10 heteroatoms. The van der Waals surface area contributed by atoms with Crippen molar-refractivity contribution >= 4 is 23.6 Å². The number of carbonyl (C=O) groups is 4. The number of hydrogen-bond acceptors (Lipinski definition) is 5. The maximum Gasteiger partial charge on any atom is 0.249 e. The third kappa shape index (κ3) is 9.00. The zero-order chi connectivity index (χ0) is 31.1. The van der Waals surface area contributed by atoms with Crippen molar-refractivity contribution in [2.45, 2.75) is 118 Å². The van der Waals surface area contributed by atoms with Crippen molar-refractivity contribution in [1.29, 1.82) is 0 Å². The van der Waals surface area contributed by atoms with Crippen LogP contribution in [0.2, 0.25) is 0 Å². The van der Waals surface area contributed by atoms with Gasteiger partial charge in [-0.1, -0.05) is 47.1 Å². The number of likely N-dealkylation sites (tertiary alicyclic amines) is 2. The molecule has 9 nitrogen and oxygen atoms in total. The van der Waals surface area contributed by atoms with Crippen LogP contribution in [-0.2, 0) is 19.2 Å². The van der Waals surface area contributed by atoms with Gasteiger partial charge in [-0.15, -0.1) is 0 Å². The monoisotopic (exact) mass is 579 g/mol. The summed E-state index contributed by atoms with van der Waals surface area (Å²) < 4.78 is 12.6. The second kappa shape index (κ2) is 15.1. The molecule has 2 heterocycles. The van der Waals surface area contributed by atoms with Crippen LogP contribution in [0, 0.1) is 11.3 Å². The molecule has 41 heavy (non-hydrogen) atoms. The zero-order valence-corrected chi connectivity index (χ0v) is 26.8. The minimum atomic E-state index is -0.747. The molecule has 234 valence electrons. The summed E-state index contributed by atoms with van der Waals surface area (Å²) >= 11 is 0. The summed E-state index contributed by atoms with van der Waals surface area (Å²) in [5.41, 5.74) is -0.0934. The number of likely N-dealkylation sites (N-methyl/N-ethyl adjacent to an activating group) is 1. The van der Waals surface area contributed by atoms with Gasteiger partial charge in [0, 0.05) is 31.8 Å². The van der Waals surface area contributed by atoms with E-state index in [0.29, 0.717) is 25.0 Å². The first-order valence-corrected chi connectivity index (χ1v) is 15.3. The summed E-state index contributed by atoms with van der Waals surface area (Å²) in [6.07, 6.45) is 5.84. The molecule has 0 aromatic carbocycles. The molecule has 0 aromatic heterocycles. The van der Waals surface area contributed by atoms with Crippen molar-refractivity contribution in [1.82, 2.24) is 25.3 Å². The summed E-state index contributed by atoms with van der Waals surface area (Å²) in [6, 6.07) is -1.80. The van der Waals surface area contributed by atoms with Crippen LogP contribution in [0.5, 0.6) is 0 Å². The Balaban J connectivity index is 2.25. The van der Waals surface area contributed by atoms with Gasteiger partial charge < -0.3 is 20.4 Å². The van der Waals surface area contributed by atoms with Gasteiger partial charge in [-0.05, 0) is 64.3 Å². The van der Waals surface area contributed by atoms with Crippen molar-refractivity contribution in [3.05, 3.63) is 11.6 Å². The molecular formula is C31H54FN5O4. The van der Waals surface area contributed by atoms with E-state index in [1.165, 1.54) is 0 Å². The number of halogens is 1. The lowest BCUT2D eigenvalue weighted by Gasteiger charge is -2.41. The molecule has 0 saturated carbocycles. The Morgan fingerprint density at radius 1 is 0.976 bits per heavy atom. The molecule has 1 unspecified atom stereocenters. The van der Waals surface area contributed by atoms with E-state index in [9.17, 15) is 23.6 Å². The molecule has 2 N–H and O–H groups in total. The van der Waals surface area contributed by atoms with Crippen LogP contribution in [0.1, 0.15) is 87.5 Å². The molecule has 2 aliphatic rings. The molecule has 2 saturated heterocycles. The quantitative estimate of drug-likeness (QED) is 0.366. The fourth-order valence-electron chi connectivity index (χ4n) is 5.97. The first-order chi connectivity index (χ1) is 19.1. The molecule has 0 aliphatic carbocycles. The number of amides is 4. The Morgan fingerprint density at radius 3 is 2.17 bits per heavy atom. The largest absolute Gasteiger partial charge is 0.352 e. The molecular weight excluding hydrogens is 525 g/mol. The number of alkyl halides is 1. The van der Waals surface area contributed by atoms with Crippen molar-refractivity contribution < 1.29 is 23.6 Å².